The highest BCUT2D eigenvalue weighted by Gasteiger charge is 2.27. The molecule has 1 aliphatic carbocycles. The summed E-state index contributed by atoms with van der Waals surface area (Å²) in [5.74, 6) is 1.39. The SMILES string of the molecule is C[C@H](C[C@H](O)c1ccco1)NC(=O)N[C@H]1CCN(CC2CCCC2)C1. The first-order valence-corrected chi connectivity index (χ1v) is 9.61. The molecule has 6 heteroatoms. The Morgan fingerprint density at radius 1 is 1.40 bits per heavy atom. The van der Waals surface area contributed by atoms with Gasteiger partial charge in [-0.15, -0.1) is 0 Å². The summed E-state index contributed by atoms with van der Waals surface area (Å²) in [6.45, 7) is 5.11. The quantitative estimate of drug-likeness (QED) is 0.707. The lowest BCUT2D eigenvalue weighted by molar-refractivity contribution is 0.129. The maximum absolute atomic E-state index is 12.2. The summed E-state index contributed by atoms with van der Waals surface area (Å²) in [6.07, 6.45) is 7.78. The van der Waals surface area contributed by atoms with Crippen molar-refractivity contribution >= 4 is 6.03 Å². The van der Waals surface area contributed by atoms with E-state index in [0.29, 0.717) is 12.2 Å². The second-order valence-electron chi connectivity index (χ2n) is 7.68. The molecule has 1 saturated carbocycles. The number of urea groups is 1. The van der Waals surface area contributed by atoms with Crippen LogP contribution in [0.25, 0.3) is 0 Å². The first-order chi connectivity index (χ1) is 12.1. The van der Waals surface area contributed by atoms with Crippen molar-refractivity contribution in [2.24, 2.45) is 5.92 Å². The third-order valence-corrected chi connectivity index (χ3v) is 5.42. The number of aliphatic hydroxyl groups excluding tert-OH is 1. The molecule has 1 aromatic heterocycles. The number of furan rings is 1. The van der Waals surface area contributed by atoms with Crippen molar-refractivity contribution in [3.05, 3.63) is 24.2 Å². The smallest absolute Gasteiger partial charge is 0.315 e. The van der Waals surface area contributed by atoms with Gasteiger partial charge in [-0.3, -0.25) is 0 Å². The highest BCUT2D eigenvalue weighted by Crippen LogP contribution is 2.26. The van der Waals surface area contributed by atoms with Crippen molar-refractivity contribution in [2.75, 3.05) is 19.6 Å². The summed E-state index contributed by atoms with van der Waals surface area (Å²) in [4.78, 5) is 14.7. The molecule has 0 bridgehead atoms. The fourth-order valence-electron chi connectivity index (χ4n) is 4.12. The fraction of sp³-hybridized carbons (Fsp3) is 0.737. The third-order valence-electron chi connectivity index (χ3n) is 5.42. The minimum absolute atomic E-state index is 0.129. The van der Waals surface area contributed by atoms with Crippen LogP contribution in [-0.2, 0) is 0 Å². The molecule has 0 radical (unpaired) electrons. The molecule has 2 heterocycles. The Hall–Kier alpha value is -1.53. The zero-order valence-electron chi connectivity index (χ0n) is 15.1. The first kappa shape index (κ1) is 18.3. The molecule has 0 spiro atoms. The molecule has 3 rings (SSSR count). The van der Waals surface area contributed by atoms with Gasteiger partial charge in [0.2, 0.25) is 0 Å². The lowest BCUT2D eigenvalue weighted by Crippen LogP contribution is -2.46. The summed E-state index contributed by atoms with van der Waals surface area (Å²) in [5, 5.41) is 16.1. The molecule has 1 aliphatic heterocycles. The van der Waals surface area contributed by atoms with Gasteiger partial charge in [0.1, 0.15) is 11.9 Å². The molecule has 2 aliphatic rings. The fourth-order valence-corrected chi connectivity index (χ4v) is 4.12. The van der Waals surface area contributed by atoms with Gasteiger partial charge in [0.25, 0.3) is 0 Å². The number of likely N-dealkylation sites (tertiary alicyclic amines) is 1. The standard InChI is InChI=1S/C19H31N3O3/c1-14(11-17(23)18-7-4-10-25-18)20-19(24)21-16-8-9-22(13-16)12-15-5-2-3-6-15/h4,7,10,14-17,23H,2-3,5-6,8-9,11-13H2,1H3,(H2,20,21,24)/t14-,16+,17+/m1/s1. The van der Waals surface area contributed by atoms with Crippen molar-refractivity contribution in [2.45, 2.75) is 63.6 Å². The van der Waals surface area contributed by atoms with Crippen LogP contribution in [0.2, 0.25) is 0 Å². The zero-order valence-corrected chi connectivity index (χ0v) is 15.1. The Balaban J connectivity index is 1.34. The Morgan fingerprint density at radius 2 is 2.20 bits per heavy atom. The van der Waals surface area contributed by atoms with Crippen LogP contribution in [0, 0.1) is 5.92 Å². The van der Waals surface area contributed by atoms with Crippen LogP contribution in [0.5, 0.6) is 0 Å². The van der Waals surface area contributed by atoms with Crippen LogP contribution >= 0.6 is 0 Å². The molecular formula is C19H31N3O3. The number of carbonyl (C=O) groups excluding carboxylic acids is 1. The van der Waals surface area contributed by atoms with Gasteiger partial charge in [-0.1, -0.05) is 12.8 Å². The third kappa shape index (κ3) is 5.47. The predicted octanol–water partition coefficient (Wildman–Crippen LogP) is 2.66. The van der Waals surface area contributed by atoms with E-state index in [1.54, 1.807) is 18.4 Å². The maximum Gasteiger partial charge on any atom is 0.315 e. The summed E-state index contributed by atoms with van der Waals surface area (Å²) in [5.41, 5.74) is 0. The molecule has 140 valence electrons. The zero-order chi connectivity index (χ0) is 17.6. The number of hydrogen-bond acceptors (Lipinski definition) is 4. The molecule has 1 saturated heterocycles. The van der Waals surface area contributed by atoms with Crippen LogP contribution in [0.15, 0.2) is 22.8 Å². The average molecular weight is 349 g/mol. The number of nitrogens with zero attached hydrogens (tertiary/aromatic N) is 1. The number of amides is 2. The molecule has 3 N–H and O–H groups in total. The van der Waals surface area contributed by atoms with Gasteiger partial charge in [0, 0.05) is 38.1 Å². The van der Waals surface area contributed by atoms with E-state index in [1.807, 2.05) is 6.92 Å². The van der Waals surface area contributed by atoms with E-state index >= 15 is 0 Å². The van der Waals surface area contributed by atoms with Crippen LogP contribution in [0.4, 0.5) is 4.79 Å². The van der Waals surface area contributed by atoms with E-state index in [1.165, 1.54) is 32.2 Å². The second-order valence-corrected chi connectivity index (χ2v) is 7.68. The van der Waals surface area contributed by atoms with E-state index in [-0.39, 0.29) is 18.1 Å². The van der Waals surface area contributed by atoms with Gasteiger partial charge in [0.15, 0.2) is 0 Å². The normalized spacial score (nSPS) is 24.3. The number of hydrogen-bond donors (Lipinski definition) is 3. The van der Waals surface area contributed by atoms with Gasteiger partial charge in [-0.05, 0) is 44.2 Å². The van der Waals surface area contributed by atoms with Gasteiger partial charge in [0.05, 0.1) is 6.26 Å². The van der Waals surface area contributed by atoms with Gasteiger partial charge in [-0.2, -0.15) is 0 Å². The van der Waals surface area contributed by atoms with Crippen LogP contribution in [0.1, 0.15) is 57.3 Å². The Labute approximate surface area is 150 Å². The highest BCUT2D eigenvalue weighted by molar-refractivity contribution is 5.74. The van der Waals surface area contributed by atoms with E-state index < -0.39 is 6.10 Å². The second kappa shape index (κ2) is 8.72. The van der Waals surface area contributed by atoms with E-state index in [4.69, 9.17) is 4.42 Å². The number of carbonyl (C=O) groups is 1. The van der Waals surface area contributed by atoms with Crippen LogP contribution in [-0.4, -0.2) is 47.8 Å². The average Bonchev–Trinajstić information content (AvgIpc) is 3.29. The van der Waals surface area contributed by atoms with Crippen LogP contribution in [0.3, 0.4) is 0 Å². The van der Waals surface area contributed by atoms with Gasteiger partial charge < -0.3 is 25.1 Å². The summed E-state index contributed by atoms with van der Waals surface area (Å²) < 4.78 is 5.19. The topological polar surface area (TPSA) is 77.7 Å². The molecule has 2 fully saturated rings. The van der Waals surface area contributed by atoms with Crippen molar-refractivity contribution in [3.63, 3.8) is 0 Å². The van der Waals surface area contributed by atoms with E-state index in [2.05, 4.69) is 15.5 Å². The number of aliphatic hydroxyl groups is 1. The molecule has 1 aromatic rings. The summed E-state index contributed by atoms with van der Waals surface area (Å²) in [6, 6.07) is 3.45. The summed E-state index contributed by atoms with van der Waals surface area (Å²) in [7, 11) is 0. The van der Waals surface area contributed by atoms with E-state index in [9.17, 15) is 9.90 Å². The Kier molecular flexibility index (Phi) is 6.37. The Morgan fingerprint density at radius 3 is 2.92 bits per heavy atom. The lowest BCUT2D eigenvalue weighted by Gasteiger charge is -2.21. The summed E-state index contributed by atoms with van der Waals surface area (Å²) >= 11 is 0. The maximum atomic E-state index is 12.2. The minimum atomic E-state index is -0.696. The molecule has 0 unspecified atom stereocenters. The van der Waals surface area contributed by atoms with Crippen LogP contribution < -0.4 is 10.6 Å². The number of rotatable bonds is 7. The molecule has 2 amide bonds. The lowest BCUT2D eigenvalue weighted by atomic mass is 10.1. The minimum Gasteiger partial charge on any atom is -0.467 e. The molecule has 0 aromatic carbocycles. The van der Waals surface area contributed by atoms with Gasteiger partial charge >= 0.3 is 6.03 Å². The number of nitrogens with one attached hydrogen (secondary N) is 2. The monoisotopic (exact) mass is 349 g/mol. The van der Waals surface area contributed by atoms with E-state index in [0.717, 1.165) is 25.4 Å². The van der Waals surface area contributed by atoms with Gasteiger partial charge in [-0.25, -0.2) is 4.79 Å². The largest absolute Gasteiger partial charge is 0.467 e. The first-order valence-electron chi connectivity index (χ1n) is 9.61. The molecule has 3 atom stereocenters. The predicted molar refractivity (Wildman–Crippen MR) is 96.2 cm³/mol. The van der Waals surface area contributed by atoms with Crippen molar-refractivity contribution in [1.29, 1.82) is 0 Å². The van der Waals surface area contributed by atoms with Crippen molar-refractivity contribution < 1.29 is 14.3 Å². The van der Waals surface area contributed by atoms with Crippen molar-refractivity contribution in [1.82, 2.24) is 15.5 Å². The molecular weight excluding hydrogens is 318 g/mol. The Bertz CT molecular complexity index is 528. The highest BCUT2D eigenvalue weighted by atomic mass is 16.4. The molecule has 6 nitrogen and oxygen atoms in total. The molecule has 25 heavy (non-hydrogen) atoms. The van der Waals surface area contributed by atoms with Crippen molar-refractivity contribution in [3.8, 4) is 0 Å².